The number of amides is 1. The molecule has 1 N–H and O–H groups in total. The Morgan fingerprint density at radius 3 is 2.48 bits per heavy atom. The summed E-state index contributed by atoms with van der Waals surface area (Å²) in [5.41, 5.74) is 4.22. The van der Waals surface area contributed by atoms with E-state index in [0.717, 1.165) is 29.1 Å². The second-order valence-electron chi connectivity index (χ2n) is 7.04. The van der Waals surface area contributed by atoms with E-state index in [9.17, 15) is 4.79 Å². The SMILES string of the molecule is Cc1ccccc1-n1c(SCC(=O)NCCc2ccccc2)nnc1-c1ccncc1. The summed E-state index contributed by atoms with van der Waals surface area (Å²) in [5, 5.41) is 12.5. The first-order chi connectivity index (χ1) is 15.2. The maximum Gasteiger partial charge on any atom is 0.230 e. The molecule has 0 saturated heterocycles. The van der Waals surface area contributed by atoms with Crippen LogP contribution in [0.15, 0.2) is 84.3 Å². The van der Waals surface area contributed by atoms with Crippen LogP contribution in [0.3, 0.4) is 0 Å². The van der Waals surface area contributed by atoms with Gasteiger partial charge in [-0.2, -0.15) is 0 Å². The summed E-state index contributed by atoms with van der Waals surface area (Å²) in [6.45, 7) is 2.66. The minimum absolute atomic E-state index is 0.0225. The molecule has 0 spiro atoms. The highest BCUT2D eigenvalue weighted by Crippen LogP contribution is 2.29. The van der Waals surface area contributed by atoms with Gasteiger partial charge in [-0.15, -0.1) is 10.2 Å². The fourth-order valence-corrected chi connectivity index (χ4v) is 4.03. The lowest BCUT2D eigenvalue weighted by Gasteiger charge is -2.12. The quantitative estimate of drug-likeness (QED) is 0.427. The molecule has 0 unspecified atom stereocenters. The molecular weight excluding hydrogens is 406 g/mol. The number of nitrogens with zero attached hydrogens (tertiary/aromatic N) is 4. The number of benzene rings is 2. The first-order valence-corrected chi connectivity index (χ1v) is 11.1. The molecule has 0 atom stereocenters. The average molecular weight is 430 g/mol. The molecule has 6 nitrogen and oxygen atoms in total. The molecule has 0 saturated carbocycles. The summed E-state index contributed by atoms with van der Waals surface area (Å²) in [6.07, 6.45) is 4.28. The second-order valence-corrected chi connectivity index (χ2v) is 7.98. The van der Waals surface area contributed by atoms with Crippen molar-refractivity contribution >= 4 is 17.7 Å². The topological polar surface area (TPSA) is 72.7 Å². The highest BCUT2D eigenvalue weighted by molar-refractivity contribution is 7.99. The molecule has 7 heteroatoms. The first-order valence-electron chi connectivity index (χ1n) is 10.1. The van der Waals surface area contributed by atoms with Crippen molar-refractivity contribution in [3.8, 4) is 17.1 Å². The van der Waals surface area contributed by atoms with Gasteiger partial charge in [0.15, 0.2) is 11.0 Å². The first kappa shape index (κ1) is 20.8. The number of thioether (sulfide) groups is 1. The minimum atomic E-state index is -0.0225. The zero-order valence-corrected chi connectivity index (χ0v) is 18.0. The maximum atomic E-state index is 12.4. The molecule has 0 radical (unpaired) electrons. The monoisotopic (exact) mass is 429 g/mol. The second kappa shape index (κ2) is 10.0. The Hall–Kier alpha value is -3.45. The van der Waals surface area contributed by atoms with Crippen molar-refractivity contribution in [1.82, 2.24) is 25.1 Å². The molecule has 2 aromatic heterocycles. The summed E-state index contributed by atoms with van der Waals surface area (Å²) in [6, 6.07) is 22.0. The fraction of sp³-hybridized carbons (Fsp3) is 0.167. The highest BCUT2D eigenvalue weighted by atomic mass is 32.2. The third kappa shape index (κ3) is 5.19. The standard InChI is InChI=1S/C24H23N5OS/c1-18-7-5-6-10-21(18)29-23(20-12-14-25-15-13-20)27-28-24(29)31-17-22(30)26-16-11-19-8-3-2-4-9-19/h2-10,12-15H,11,16-17H2,1H3,(H,26,30). The number of hydrogen-bond donors (Lipinski definition) is 1. The summed E-state index contributed by atoms with van der Waals surface area (Å²) in [4.78, 5) is 16.5. The zero-order valence-electron chi connectivity index (χ0n) is 17.2. The van der Waals surface area contributed by atoms with Crippen LogP contribution in [0, 0.1) is 6.92 Å². The lowest BCUT2D eigenvalue weighted by molar-refractivity contribution is -0.118. The number of carbonyl (C=O) groups is 1. The van der Waals surface area contributed by atoms with Gasteiger partial charge in [-0.1, -0.05) is 60.3 Å². The zero-order chi connectivity index (χ0) is 21.5. The van der Waals surface area contributed by atoms with Crippen LogP contribution in [0.1, 0.15) is 11.1 Å². The largest absolute Gasteiger partial charge is 0.355 e. The van der Waals surface area contributed by atoms with E-state index in [-0.39, 0.29) is 11.7 Å². The van der Waals surface area contributed by atoms with E-state index in [2.05, 4.69) is 45.6 Å². The van der Waals surface area contributed by atoms with E-state index < -0.39 is 0 Å². The van der Waals surface area contributed by atoms with E-state index in [0.29, 0.717) is 11.7 Å². The van der Waals surface area contributed by atoms with E-state index in [1.165, 1.54) is 17.3 Å². The van der Waals surface area contributed by atoms with Crippen molar-refractivity contribution in [3.05, 3.63) is 90.3 Å². The Kier molecular flexibility index (Phi) is 6.74. The summed E-state index contributed by atoms with van der Waals surface area (Å²) in [7, 11) is 0. The van der Waals surface area contributed by atoms with E-state index in [1.807, 2.05) is 53.1 Å². The molecule has 156 valence electrons. The fourth-order valence-electron chi connectivity index (χ4n) is 3.25. The number of pyridine rings is 1. The summed E-state index contributed by atoms with van der Waals surface area (Å²) in [5.74, 6) is 0.976. The Labute approximate surface area is 185 Å². The smallest absolute Gasteiger partial charge is 0.230 e. The number of rotatable bonds is 8. The van der Waals surface area contributed by atoms with E-state index in [1.54, 1.807) is 12.4 Å². The summed E-state index contributed by atoms with van der Waals surface area (Å²) < 4.78 is 2.01. The Morgan fingerprint density at radius 2 is 1.71 bits per heavy atom. The van der Waals surface area contributed by atoms with Gasteiger partial charge in [0.25, 0.3) is 0 Å². The maximum absolute atomic E-state index is 12.4. The summed E-state index contributed by atoms with van der Waals surface area (Å²) >= 11 is 1.38. The van der Waals surface area contributed by atoms with Crippen LogP contribution in [-0.2, 0) is 11.2 Å². The molecule has 0 aliphatic rings. The van der Waals surface area contributed by atoms with Gasteiger partial charge in [0.05, 0.1) is 11.4 Å². The lowest BCUT2D eigenvalue weighted by Crippen LogP contribution is -2.27. The number of hydrogen-bond acceptors (Lipinski definition) is 5. The molecule has 0 aliphatic carbocycles. The Morgan fingerprint density at radius 1 is 0.968 bits per heavy atom. The van der Waals surface area contributed by atoms with Crippen LogP contribution >= 0.6 is 11.8 Å². The average Bonchev–Trinajstić information content (AvgIpc) is 3.23. The van der Waals surface area contributed by atoms with E-state index in [4.69, 9.17) is 0 Å². The molecule has 1 amide bonds. The van der Waals surface area contributed by atoms with Gasteiger partial charge in [-0.3, -0.25) is 14.3 Å². The molecule has 2 heterocycles. The van der Waals surface area contributed by atoms with Crippen LogP contribution in [0.5, 0.6) is 0 Å². The van der Waals surface area contributed by atoms with Crippen molar-refractivity contribution in [2.75, 3.05) is 12.3 Å². The van der Waals surface area contributed by atoms with Gasteiger partial charge < -0.3 is 5.32 Å². The normalized spacial score (nSPS) is 10.7. The molecule has 31 heavy (non-hydrogen) atoms. The predicted octanol–water partition coefficient (Wildman–Crippen LogP) is 4.09. The predicted molar refractivity (Wildman–Crippen MR) is 123 cm³/mol. The van der Waals surface area contributed by atoms with Crippen molar-refractivity contribution in [3.63, 3.8) is 0 Å². The van der Waals surface area contributed by atoms with Gasteiger partial charge in [0.1, 0.15) is 0 Å². The molecule has 0 fully saturated rings. The van der Waals surface area contributed by atoms with E-state index >= 15 is 0 Å². The molecule has 0 aliphatic heterocycles. The van der Waals surface area contributed by atoms with Gasteiger partial charge in [-0.25, -0.2) is 0 Å². The van der Waals surface area contributed by atoms with Gasteiger partial charge >= 0.3 is 0 Å². The molecule has 4 rings (SSSR count). The number of carbonyl (C=O) groups excluding carboxylic acids is 1. The van der Waals surface area contributed by atoms with Crippen molar-refractivity contribution in [2.24, 2.45) is 0 Å². The third-order valence-electron chi connectivity index (χ3n) is 4.84. The van der Waals surface area contributed by atoms with Crippen molar-refractivity contribution in [1.29, 1.82) is 0 Å². The Balaban J connectivity index is 1.49. The van der Waals surface area contributed by atoms with Crippen molar-refractivity contribution in [2.45, 2.75) is 18.5 Å². The van der Waals surface area contributed by atoms with Crippen molar-refractivity contribution < 1.29 is 4.79 Å². The third-order valence-corrected chi connectivity index (χ3v) is 5.77. The number of aromatic nitrogens is 4. The number of nitrogens with one attached hydrogen (secondary N) is 1. The number of para-hydroxylation sites is 1. The number of aryl methyl sites for hydroxylation is 1. The van der Waals surface area contributed by atoms with Crippen LogP contribution in [-0.4, -0.2) is 38.0 Å². The minimum Gasteiger partial charge on any atom is -0.355 e. The van der Waals surface area contributed by atoms with Crippen LogP contribution in [0.2, 0.25) is 0 Å². The molecule has 4 aromatic rings. The highest BCUT2D eigenvalue weighted by Gasteiger charge is 2.18. The van der Waals surface area contributed by atoms with Crippen LogP contribution in [0.25, 0.3) is 17.1 Å². The van der Waals surface area contributed by atoms with Crippen LogP contribution < -0.4 is 5.32 Å². The Bertz CT molecular complexity index is 1150. The molecule has 0 bridgehead atoms. The molecular formula is C24H23N5OS. The molecule has 2 aromatic carbocycles. The lowest BCUT2D eigenvalue weighted by atomic mass is 10.1. The van der Waals surface area contributed by atoms with Gasteiger partial charge in [-0.05, 0) is 42.7 Å². The van der Waals surface area contributed by atoms with Gasteiger partial charge in [0.2, 0.25) is 5.91 Å². The van der Waals surface area contributed by atoms with Gasteiger partial charge in [0, 0.05) is 24.5 Å². The van der Waals surface area contributed by atoms with Crippen LogP contribution in [0.4, 0.5) is 0 Å².